The van der Waals surface area contributed by atoms with Crippen LogP contribution < -0.4 is 10.1 Å². The fourth-order valence-corrected chi connectivity index (χ4v) is 3.23. The normalized spacial score (nSPS) is 13.8. The van der Waals surface area contributed by atoms with Crippen LogP contribution in [0.1, 0.15) is 27.4 Å². The zero-order chi connectivity index (χ0) is 13.2. The largest absolute Gasteiger partial charge is 0.486 e. The van der Waals surface area contributed by atoms with Gasteiger partial charge in [0, 0.05) is 11.4 Å². The highest BCUT2D eigenvalue weighted by Crippen LogP contribution is 2.29. The zero-order valence-electron chi connectivity index (χ0n) is 11.3. The molecule has 0 atom stereocenters. The number of fused-ring (bicyclic) bond motifs is 1. The van der Waals surface area contributed by atoms with Crippen LogP contribution in [0.5, 0.6) is 5.75 Å². The van der Waals surface area contributed by atoms with Crippen LogP contribution >= 0.6 is 11.3 Å². The van der Waals surface area contributed by atoms with Crippen LogP contribution in [-0.2, 0) is 13.0 Å². The smallest absolute Gasteiger partial charge is 0.140 e. The van der Waals surface area contributed by atoms with Gasteiger partial charge in [0.1, 0.15) is 23.2 Å². The average molecular weight is 274 g/mol. The van der Waals surface area contributed by atoms with Gasteiger partial charge in [-0.25, -0.2) is 4.98 Å². The lowest BCUT2D eigenvalue weighted by Gasteiger charge is -2.10. The molecule has 3 nitrogen and oxygen atoms in total. The molecule has 0 unspecified atom stereocenters. The molecule has 0 amide bonds. The van der Waals surface area contributed by atoms with Crippen molar-refractivity contribution >= 4 is 17.2 Å². The number of hydrogen-bond acceptors (Lipinski definition) is 4. The van der Waals surface area contributed by atoms with Crippen LogP contribution in [0, 0.1) is 13.8 Å². The predicted molar refractivity (Wildman–Crippen MR) is 79.2 cm³/mol. The number of nitrogens with zero attached hydrogens (tertiary/aromatic N) is 1. The molecular weight excluding hydrogens is 256 g/mol. The lowest BCUT2D eigenvalue weighted by molar-refractivity contribution is 0.303. The number of anilines is 1. The third kappa shape index (κ3) is 2.73. The number of rotatable bonds is 3. The molecule has 1 N–H and O–H groups in total. The highest BCUT2D eigenvalue weighted by molar-refractivity contribution is 7.12. The minimum Gasteiger partial charge on any atom is -0.486 e. The maximum Gasteiger partial charge on any atom is 0.140 e. The Kier molecular flexibility index (Phi) is 3.42. The summed E-state index contributed by atoms with van der Waals surface area (Å²) in [5.41, 5.74) is 2.39. The summed E-state index contributed by atoms with van der Waals surface area (Å²) in [7, 11) is 0. The van der Waals surface area contributed by atoms with Crippen molar-refractivity contribution in [3.05, 3.63) is 39.2 Å². The molecule has 0 fully saturated rings. The summed E-state index contributed by atoms with van der Waals surface area (Å²) in [6.45, 7) is 5.75. The zero-order valence-corrected chi connectivity index (χ0v) is 12.1. The molecule has 4 heteroatoms. The highest BCUT2D eigenvalue weighted by Gasteiger charge is 2.14. The second-order valence-corrected chi connectivity index (χ2v) is 6.14. The van der Waals surface area contributed by atoms with Gasteiger partial charge in [-0.1, -0.05) is 12.1 Å². The molecule has 0 aliphatic carbocycles. The summed E-state index contributed by atoms with van der Waals surface area (Å²) in [6.07, 6.45) is 2.34. The maximum atomic E-state index is 5.90. The Bertz CT molecular complexity index is 568. The number of nitrogens with one attached hydrogen (secondary N) is 1. The molecule has 0 spiro atoms. The molecule has 2 aromatic rings. The minimum atomic E-state index is 0.559. The minimum absolute atomic E-state index is 0.559. The molecule has 19 heavy (non-hydrogen) atoms. The molecule has 3 rings (SSSR count). The number of thiazole rings is 1. The van der Waals surface area contributed by atoms with E-state index in [0.29, 0.717) is 6.61 Å². The molecule has 2 heterocycles. The Morgan fingerprint density at radius 3 is 3.11 bits per heavy atom. The molecule has 0 saturated carbocycles. The summed E-state index contributed by atoms with van der Waals surface area (Å²) in [6, 6.07) is 6.29. The fourth-order valence-electron chi connectivity index (χ4n) is 2.23. The number of aromatic nitrogens is 1. The van der Waals surface area contributed by atoms with Crippen LogP contribution in [0.15, 0.2) is 18.2 Å². The van der Waals surface area contributed by atoms with Crippen molar-refractivity contribution < 1.29 is 4.74 Å². The van der Waals surface area contributed by atoms with E-state index in [0.717, 1.165) is 29.5 Å². The molecule has 0 saturated heterocycles. The quantitative estimate of drug-likeness (QED) is 0.926. The van der Waals surface area contributed by atoms with E-state index in [1.54, 1.807) is 11.3 Å². The molecular formula is C15H18N2OS. The average Bonchev–Trinajstić information content (AvgIpc) is 2.82. The monoisotopic (exact) mass is 274 g/mol. The number of hydrogen-bond donors (Lipinski definition) is 1. The second-order valence-electron chi connectivity index (χ2n) is 4.97. The van der Waals surface area contributed by atoms with Gasteiger partial charge < -0.3 is 10.1 Å². The molecule has 1 aromatic carbocycles. The van der Waals surface area contributed by atoms with Gasteiger partial charge in [-0.2, -0.15) is 0 Å². The van der Waals surface area contributed by atoms with Gasteiger partial charge in [-0.05, 0) is 43.9 Å². The first-order valence-electron chi connectivity index (χ1n) is 6.65. The molecule has 100 valence electrons. The summed E-state index contributed by atoms with van der Waals surface area (Å²) < 4.78 is 5.90. The van der Waals surface area contributed by atoms with Crippen LogP contribution in [0.2, 0.25) is 0 Å². The number of aryl methyl sites for hydroxylation is 3. The lowest BCUT2D eigenvalue weighted by atomic mass is 10.1. The Hall–Kier alpha value is -1.55. The van der Waals surface area contributed by atoms with Gasteiger partial charge >= 0.3 is 0 Å². The van der Waals surface area contributed by atoms with E-state index in [-0.39, 0.29) is 0 Å². The third-order valence-electron chi connectivity index (χ3n) is 3.31. The van der Waals surface area contributed by atoms with Crippen LogP contribution in [0.3, 0.4) is 0 Å². The van der Waals surface area contributed by atoms with E-state index in [1.807, 2.05) is 0 Å². The molecule has 0 radical (unpaired) electrons. The van der Waals surface area contributed by atoms with Crippen molar-refractivity contribution in [2.75, 3.05) is 11.9 Å². The Morgan fingerprint density at radius 2 is 2.26 bits per heavy atom. The predicted octanol–water partition coefficient (Wildman–Crippen LogP) is 3.70. The summed E-state index contributed by atoms with van der Waals surface area (Å²) in [4.78, 5) is 5.97. The van der Waals surface area contributed by atoms with Crippen molar-refractivity contribution in [2.45, 2.75) is 33.3 Å². The number of ether oxygens (including phenoxy) is 1. The fraction of sp³-hybridized carbons (Fsp3) is 0.400. The third-order valence-corrected chi connectivity index (χ3v) is 4.40. The van der Waals surface area contributed by atoms with Gasteiger partial charge in [0.25, 0.3) is 0 Å². The van der Waals surface area contributed by atoms with Crippen LogP contribution in [0.25, 0.3) is 0 Å². The summed E-state index contributed by atoms with van der Waals surface area (Å²) in [5, 5.41) is 4.40. The van der Waals surface area contributed by atoms with E-state index in [1.165, 1.54) is 22.4 Å². The summed E-state index contributed by atoms with van der Waals surface area (Å²) in [5.74, 6) is 2.02. The topological polar surface area (TPSA) is 34.1 Å². The van der Waals surface area contributed by atoms with Crippen molar-refractivity contribution in [1.29, 1.82) is 0 Å². The van der Waals surface area contributed by atoms with E-state index in [4.69, 9.17) is 4.74 Å². The van der Waals surface area contributed by atoms with E-state index >= 15 is 0 Å². The Morgan fingerprint density at radius 1 is 1.37 bits per heavy atom. The molecule has 1 aromatic heterocycles. The Labute approximate surface area is 117 Å². The van der Waals surface area contributed by atoms with Crippen molar-refractivity contribution in [3.8, 4) is 5.75 Å². The molecule has 1 aliphatic heterocycles. The number of benzene rings is 1. The SMILES string of the molecule is Cc1ccc(C)c(OCc2nc3c(s2)CCCN3)c1. The van der Waals surface area contributed by atoms with Gasteiger partial charge in [0.15, 0.2) is 0 Å². The lowest BCUT2D eigenvalue weighted by Crippen LogP contribution is -2.10. The Balaban J connectivity index is 1.72. The van der Waals surface area contributed by atoms with E-state index in [2.05, 4.69) is 42.3 Å². The van der Waals surface area contributed by atoms with Crippen molar-refractivity contribution in [1.82, 2.24) is 4.98 Å². The van der Waals surface area contributed by atoms with Gasteiger partial charge in [-0.15, -0.1) is 11.3 Å². The van der Waals surface area contributed by atoms with Crippen molar-refractivity contribution in [2.24, 2.45) is 0 Å². The molecule has 0 bridgehead atoms. The maximum absolute atomic E-state index is 5.90. The standard InChI is InChI=1S/C15H18N2OS/c1-10-5-6-11(2)12(8-10)18-9-14-17-15-13(19-14)4-3-7-16-15/h5-6,8,16H,3-4,7,9H2,1-2H3. The van der Waals surface area contributed by atoms with E-state index < -0.39 is 0 Å². The second kappa shape index (κ2) is 5.21. The van der Waals surface area contributed by atoms with E-state index in [9.17, 15) is 0 Å². The highest BCUT2D eigenvalue weighted by atomic mass is 32.1. The van der Waals surface area contributed by atoms with Gasteiger partial charge in [0.05, 0.1) is 0 Å². The van der Waals surface area contributed by atoms with Crippen LogP contribution in [0.4, 0.5) is 5.82 Å². The van der Waals surface area contributed by atoms with Crippen LogP contribution in [-0.4, -0.2) is 11.5 Å². The van der Waals surface area contributed by atoms with Gasteiger partial charge in [-0.3, -0.25) is 0 Å². The summed E-state index contributed by atoms with van der Waals surface area (Å²) >= 11 is 1.77. The first-order valence-corrected chi connectivity index (χ1v) is 7.46. The first kappa shape index (κ1) is 12.5. The molecule has 1 aliphatic rings. The van der Waals surface area contributed by atoms with Gasteiger partial charge in [0.2, 0.25) is 0 Å². The first-order chi connectivity index (χ1) is 9.22. The van der Waals surface area contributed by atoms with Crippen molar-refractivity contribution in [3.63, 3.8) is 0 Å².